The summed E-state index contributed by atoms with van der Waals surface area (Å²) in [5, 5.41) is 19.4. The van der Waals surface area contributed by atoms with E-state index in [1.807, 2.05) is 45.0 Å². The summed E-state index contributed by atoms with van der Waals surface area (Å²) in [6.07, 6.45) is -0.855. The van der Waals surface area contributed by atoms with Crippen LogP contribution < -0.4 is 16.0 Å². The molecule has 0 heterocycles. The summed E-state index contributed by atoms with van der Waals surface area (Å²) in [4.78, 5) is 38.4. The molecule has 38 heavy (non-hydrogen) atoms. The Kier molecular flexibility index (Phi) is 7.66. The van der Waals surface area contributed by atoms with Crippen molar-refractivity contribution >= 4 is 40.1 Å². The number of carboxylic acid groups (broad SMARTS) is 1. The van der Waals surface area contributed by atoms with Crippen LogP contribution in [0.15, 0.2) is 48.5 Å². The number of halogens is 2. The van der Waals surface area contributed by atoms with Crippen molar-refractivity contribution in [3.63, 3.8) is 0 Å². The van der Waals surface area contributed by atoms with Gasteiger partial charge < -0.3 is 21.1 Å². The highest BCUT2D eigenvalue weighted by atomic mass is 19.3. The van der Waals surface area contributed by atoms with Crippen LogP contribution in [0.25, 0.3) is 10.8 Å². The molecular formula is C29H31F2N3O4. The van der Waals surface area contributed by atoms with E-state index in [0.717, 1.165) is 27.5 Å². The van der Waals surface area contributed by atoms with Crippen LogP contribution >= 0.6 is 0 Å². The second-order valence-electron chi connectivity index (χ2n) is 10.1. The highest BCUT2D eigenvalue weighted by Crippen LogP contribution is 2.37. The van der Waals surface area contributed by atoms with Gasteiger partial charge in [-0.05, 0) is 73.6 Å². The number of anilines is 2. The molecule has 0 bridgehead atoms. The fourth-order valence-corrected chi connectivity index (χ4v) is 5.17. The highest BCUT2D eigenvalue weighted by molar-refractivity contribution is 6.10. The Hall–Kier alpha value is -4.01. The van der Waals surface area contributed by atoms with Crippen molar-refractivity contribution < 1.29 is 28.3 Å². The molecule has 3 aromatic rings. The molecule has 1 atom stereocenters. The van der Waals surface area contributed by atoms with Crippen molar-refractivity contribution in [2.75, 3.05) is 10.6 Å². The number of hydrogen-bond donors (Lipinski definition) is 4. The van der Waals surface area contributed by atoms with Crippen LogP contribution in [0.2, 0.25) is 0 Å². The summed E-state index contributed by atoms with van der Waals surface area (Å²) in [7, 11) is 0. The summed E-state index contributed by atoms with van der Waals surface area (Å²) in [5.74, 6) is -5.44. The Morgan fingerprint density at radius 2 is 1.50 bits per heavy atom. The highest BCUT2D eigenvalue weighted by Gasteiger charge is 2.40. The summed E-state index contributed by atoms with van der Waals surface area (Å²) in [5.41, 5.74) is 3.76. The van der Waals surface area contributed by atoms with E-state index in [2.05, 4.69) is 16.0 Å². The van der Waals surface area contributed by atoms with Gasteiger partial charge in [-0.25, -0.2) is 18.4 Å². The number of aryl methyl sites for hydroxylation is 3. The summed E-state index contributed by atoms with van der Waals surface area (Å²) < 4.78 is 27.3. The lowest BCUT2D eigenvalue weighted by atomic mass is 9.82. The van der Waals surface area contributed by atoms with Crippen molar-refractivity contribution in [1.82, 2.24) is 5.32 Å². The number of benzene rings is 3. The van der Waals surface area contributed by atoms with Gasteiger partial charge in [-0.15, -0.1) is 0 Å². The molecule has 0 saturated heterocycles. The molecular weight excluding hydrogens is 492 g/mol. The first-order chi connectivity index (χ1) is 17.9. The largest absolute Gasteiger partial charge is 0.480 e. The molecule has 1 aliphatic carbocycles. The first-order valence-electron chi connectivity index (χ1n) is 12.5. The third kappa shape index (κ3) is 6.10. The Morgan fingerprint density at radius 3 is 2.08 bits per heavy atom. The van der Waals surface area contributed by atoms with Gasteiger partial charge in [0.2, 0.25) is 5.92 Å². The zero-order chi connectivity index (χ0) is 27.6. The van der Waals surface area contributed by atoms with E-state index in [4.69, 9.17) is 0 Å². The minimum absolute atomic E-state index is 0.00919. The maximum absolute atomic E-state index is 13.6. The Balaban J connectivity index is 1.61. The molecule has 1 saturated carbocycles. The van der Waals surface area contributed by atoms with Gasteiger partial charge in [-0.1, -0.05) is 42.0 Å². The van der Waals surface area contributed by atoms with Crippen molar-refractivity contribution in [3.8, 4) is 0 Å². The maximum atomic E-state index is 13.6. The predicted molar refractivity (Wildman–Crippen MR) is 143 cm³/mol. The Labute approximate surface area is 219 Å². The van der Waals surface area contributed by atoms with Gasteiger partial charge >= 0.3 is 12.0 Å². The first kappa shape index (κ1) is 27.0. The van der Waals surface area contributed by atoms with E-state index in [0.29, 0.717) is 5.69 Å². The summed E-state index contributed by atoms with van der Waals surface area (Å²) >= 11 is 0. The second kappa shape index (κ2) is 10.8. The van der Waals surface area contributed by atoms with Gasteiger partial charge in [0.05, 0.1) is 11.3 Å². The molecule has 9 heteroatoms. The number of hydrogen-bond acceptors (Lipinski definition) is 3. The zero-order valence-electron chi connectivity index (χ0n) is 21.5. The van der Waals surface area contributed by atoms with E-state index in [1.54, 1.807) is 24.3 Å². The molecule has 0 aromatic heterocycles. The zero-order valence-corrected chi connectivity index (χ0v) is 21.5. The third-order valence-electron chi connectivity index (χ3n) is 7.08. The van der Waals surface area contributed by atoms with Crippen molar-refractivity contribution in [3.05, 3.63) is 70.8 Å². The van der Waals surface area contributed by atoms with Gasteiger partial charge in [0, 0.05) is 18.5 Å². The van der Waals surface area contributed by atoms with Gasteiger partial charge in [-0.3, -0.25) is 4.79 Å². The van der Waals surface area contributed by atoms with Crippen LogP contribution in [-0.4, -0.2) is 35.0 Å². The lowest BCUT2D eigenvalue weighted by molar-refractivity contribution is -0.142. The van der Waals surface area contributed by atoms with E-state index in [9.17, 15) is 28.3 Å². The fourth-order valence-electron chi connectivity index (χ4n) is 5.17. The molecule has 0 radical (unpaired) electrons. The fraction of sp³-hybridized carbons (Fsp3) is 0.345. The summed E-state index contributed by atoms with van der Waals surface area (Å²) in [6, 6.07) is 12.5. The smallest absolute Gasteiger partial charge is 0.326 e. The van der Waals surface area contributed by atoms with Gasteiger partial charge in [0.25, 0.3) is 5.91 Å². The Morgan fingerprint density at radius 1 is 0.921 bits per heavy atom. The number of amides is 3. The number of carboxylic acids is 1. The predicted octanol–water partition coefficient (Wildman–Crippen LogP) is 6.42. The lowest BCUT2D eigenvalue weighted by Crippen LogP contribution is -2.48. The lowest BCUT2D eigenvalue weighted by Gasteiger charge is -2.32. The van der Waals surface area contributed by atoms with Crippen LogP contribution in [0.5, 0.6) is 0 Å². The molecule has 4 N–H and O–H groups in total. The number of aliphatic carboxylic acids is 1. The maximum Gasteiger partial charge on any atom is 0.326 e. The molecule has 7 nitrogen and oxygen atoms in total. The van der Waals surface area contributed by atoms with Gasteiger partial charge in [0.1, 0.15) is 6.04 Å². The number of carbonyl (C=O) groups excluding carboxylic acids is 2. The Bertz CT molecular complexity index is 1370. The van der Waals surface area contributed by atoms with Gasteiger partial charge in [0.15, 0.2) is 0 Å². The minimum Gasteiger partial charge on any atom is -0.480 e. The van der Waals surface area contributed by atoms with Crippen molar-refractivity contribution in [2.45, 2.75) is 58.4 Å². The molecule has 4 rings (SSSR count). The number of urea groups is 1. The number of carbonyl (C=O) groups is 3. The number of rotatable bonds is 6. The van der Waals surface area contributed by atoms with Crippen LogP contribution in [-0.2, 0) is 4.79 Å². The van der Waals surface area contributed by atoms with E-state index >= 15 is 0 Å². The second-order valence-corrected chi connectivity index (χ2v) is 10.1. The molecule has 0 unspecified atom stereocenters. The van der Waals surface area contributed by atoms with Crippen molar-refractivity contribution in [1.29, 1.82) is 0 Å². The average molecular weight is 524 g/mol. The molecule has 3 amide bonds. The number of nitrogens with one attached hydrogen (secondary N) is 3. The molecule has 0 spiro atoms. The molecule has 1 aliphatic rings. The molecule has 200 valence electrons. The summed E-state index contributed by atoms with van der Waals surface area (Å²) in [6.45, 7) is 5.74. The normalized spacial score (nSPS) is 16.0. The van der Waals surface area contributed by atoms with Crippen molar-refractivity contribution in [2.24, 2.45) is 5.92 Å². The van der Waals surface area contributed by atoms with E-state index in [-0.39, 0.29) is 24.1 Å². The molecule has 0 aliphatic heterocycles. The van der Waals surface area contributed by atoms with E-state index in [1.165, 1.54) is 0 Å². The van der Waals surface area contributed by atoms with E-state index < -0.39 is 48.6 Å². The number of alkyl halides is 2. The monoisotopic (exact) mass is 523 g/mol. The van der Waals surface area contributed by atoms with Gasteiger partial charge in [-0.2, -0.15) is 0 Å². The van der Waals surface area contributed by atoms with Crippen LogP contribution in [0.3, 0.4) is 0 Å². The van der Waals surface area contributed by atoms with Crippen LogP contribution in [0.4, 0.5) is 25.0 Å². The standard InChI is InChI=1S/C29H31F2N3O4/c1-16-12-17(2)24(18(3)13-16)34-28(38)32-23-15-21-7-5-4-6-20(21)14-22(23)26(35)33-25(27(36)37)19-8-10-29(30,31)11-9-19/h4-7,12-15,19,25H,8-11H2,1-3H3,(H,33,35)(H,36,37)(H2,32,34,38)/t25-/m0/s1. The first-order valence-corrected chi connectivity index (χ1v) is 12.5. The topological polar surface area (TPSA) is 108 Å². The molecule has 3 aromatic carbocycles. The third-order valence-corrected chi connectivity index (χ3v) is 7.08. The molecule has 1 fully saturated rings. The SMILES string of the molecule is Cc1cc(C)c(NC(=O)Nc2cc3ccccc3cc2C(=O)N[C@H](C(=O)O)C2CCC(F)(F)CC2)c(C)c1. The quantitative estimate of drug-likeness (QED) is 0.299. The number of fused-ring (bicyclic) bond motifs is 1. The average Bonchev–Trinajstić information content (AvgIpc) is 2.84. The van der Waals surface area contributed by atoms with Crippen LogP contribution in [0.1, 0.15) is 52.7 Å². The van der Waals surface area contributed by atoms with Crippen LogP contribution in [0, 0.1) is 26.7 Å². The minimum atomic E-state index is -2.82.